The van der Waals surface area contributed by atoms with Gasteiger partial charge in [-0.15, -0.1) is 11.3 Å². The molecule has 0 N–H and O–H groups in total. The highest BCUT2D eigenvalue weighted by atomic mass is 32.1. The van der Waals surface area contributed by atoms with Crippen molar-refractivity contribution in [3.8, 4) is 5.75 Å². The van der Waals surface area contributed by atoms with Crippen LogP contribution in [0.5, 0.6) is 5.75 Å². The van der Waals surface area contributed by atoms with E-state index in [0.717, 1.165) is 18.3 Å². The van der Waals surface area contributed by atoms with Gasteiger partial charge in [0.25, 0.3) is 0 Å². The summed E-state index contributed by atoms with van der Waals surface area (Å²) in [5.74, 6) is 1.75. The lowest BCUT2D eigenvalue weighted by molar-refractivity contribution is 0.211. The molecule has 0 saturated carbocycles. The Balaban J connectivity index is 1.66. The minimum Gasteiger partial charge on any atom is -0.494 e. The topological polar surface area (TPSA) is 12.5 Å². The second-order valence-corrected chi connectivity index (χ2v) is 7.37. The van der Waals surface area contributed by atoms with Crippen LogP contribution < -0.4 is 4.74 Å². The molecule has 2 nitrogen and oxygen atoms in total. The number of ether oxygens (including phenoxy) is 1. The van der Waals surface area contributed by atoms with Gasteiger partial charge in [-0.3, -0.25) is 0 Å². The van der Waals surface area contributed by atoms with E-state index in [0.29, 0.717) is 0 Å². The molecule has 0 unspecified atom stereocenters. The number of unbranched alkanes of at least 4 members (excludes halogenated alkanes) is 1. The molecule has 0 atom stereocenters. The summed E-state index contributed by atoms with van der Waals surface area (Å²) < 4.78 is 7.01. The van der Waals surface area contributed by atoms with Gasteiger partial charge < -0.3 is 9.64 Å². The third-order valence-corrected chi connectivity index (χ3v) is 5.91. The number of likely N-dealkylation sites (tertiary alicyclic amines) is 1. The van der Waals surface area contributed by atoms with E-state index >= 15 is 0 Å². The SMILES string of the molecule is CCCCN1CCC(c2cc3cc(OCC)ccc3s2)CC1. The van der Waals surface area contributed by atoms with E-state index in [-0.39, 0.29) is 0 Å². The first-order chi connectivity index (χ1) is 10.8. The molecule has 3 rings (SSSR count). The molecule has 1 aliphatic heterocycles. The Morgan fingerprint density at radius 3 is 2.73 bits per heavy atom. The lowest BCUT2D eigenvalue weighted by atomic mass is 9.95. The lowest BCUT2D eigenvalue weighted by Gasteiger charge is -2.31. The summed E-state index contributed by atoms with van der Waals surface area (Å²) in [5.41, 5.74) is 0. The Kier molecular flexibility index (Phi) is 5.37. The third kappa shape index (κ3) is 3.64. The van der Waals surface area contributed by atoms with Gasteiger partial charge in [0, 0.05) is 9.58 Å². The smallest absolute Gasteiger partial charge is 0.119 e. The summed E-state index contributed by atoms with van der Waals surface area (Å²) in [6.45, 7) is 8.87. The van der Waals surface area contributed by atoms with Crippen LogP contribution in [-0.2, 0) is 0 Å². The zero-order valence-electron chi connectivity index (χ0n) is 13.8. The summed E-state index contributed by atoms with van der Waals surface area (Å²) in [5, 5.41) is 1.35. The summed E-state index contributed by atoms with van der Waals surface area (Å²) in [6.07, 6.45) is 5.27. The van der Waals surface area contributed by atoms with Crippen LogP contribution in [0, 0.1) is 0 Å². The molecule has 0 spiro atoms. The van der Waals surface area contributed by atoms with Crippen LogP contribution in [0.1, 0.15) is 50.3 Å². The molecule has 0 amide bonds. The van der Waals surface area contributed by atoms with Gasteiger partial charge in [0.05, 0.1) is 6.61 Å². The molecule has 3 heteroatoms. The Morgan fingerprint density at radius 1 is 1.18 bits per heavy atom. The fourth-order valence-corrected chi connectivity index (χ4v) is 4.54. The summed E-state index contributed by atoms with van der Waals surface area (Å²) >= 11 is 1.98. The molecule has 1 saturated heterocycles. The van der Waals surface area contributed by atoms with E-state index in [4.69, 9.17) is 4.74 Å². The van der Waals surface area contributed by atoms with Gasteiger partial charge in [-0.25, -0.2) is 0 Å². The average molecular weight is 317 g/mol. The van der Waals surface area contributed by atoms with Crippen molar-refractivity contribution in [1.82, 2.24) is 4.90 Å². The normalized spacial score (nSPS) is 17.2. The van der Waals surface area contributed by atoms with E-state index < -0.39 is 0 Å². The van der Waals surface area contributed by atoms with Crippen LogP contribution in [-0.4, -0.2) is 31.1 Å². The maximum atomic E-state index is 5.62. The van der Waals surface area contributed by atoms with Gasteiger partial charge >= 0.3 is 0 Å². The molecule has 1 aromatic heterocycles. The van der Waals surface area contributed by atoms with Crippen molar-refractivity contribution >= 4 is 21.4 Å². The molecule has 2 heterocycles. The van der Waals surface area contributed by atoms with Crippen molar-refractivity contribution in [2.45, 2.75) is 45.4 Å². The maximum absolute atomic E-state index is 5.62. The highest BCUT2D eigenvalue weighted by molar-refractivity contribution is 7.19. The fourth-order valence-electron chi connectivity index (χ4n) is 3.32. The third-order valence-electron chi connectivity index (χ3n) is 4.64. The van der Waals surface area contributed by atoms with Gasteiger partial charge in [0.15, 0.2) is 0 Å². The van der Waals surface area contributed by atoms with Crippen LogP contribution in [0.2, 0.25) is 0 Å². The molecular formula is C19H27NOS. The van der Waals surface area contributed by atoms with Crippen molar-refractivity contribution in [1.29, 1.82) is 0 Å². The highest BCUT2D eigenvalue weighted by Crippen LogP contribution is 2.37. The summed E-state index contributed by atoms with van der Waals surface area (Å²) in [7, 11) is 0. The molecule has 120 valence electrons. The quantitative estimate of drug-likeness (QED) is 0.718. The van der Waals surface area contributed by atoms with Gasteiger partial charge in [-0.1, -0.05) is 13.3 Å². The van der Waals surface area contributed by atoms with Gasteiger partial charge in [-0.2, -0.15) is 0 Å². The van der Waals surface area contributed by atoms with Crippen molar-refractivity contribution in [3.05, 3.63) is 29.1 Å². The van der Waals surface area contributed by atoms with Crippen molar-refractivity contribution in [2.75, 3.05) is 26.2 Å². The van der Waals surface area contributed by atoms with Gasteiger partial charge in [0.1, 0.15) is 5.75 Å². The number of thiophene rings is 1. The molecule has 1 aliphatic rings. The van der Waals surface area contributed by atoms with E-state index in [1.54, 1.807) is 4.88 Å². The lowest BCUT2D eigenvalue weighted by Crippen LogP contribution is -2.33. The standard InChI is InChI=1S/C19H27NOS/c1-3-5-10-20-11-8-15(9-12-20)19-14-16-13-17(21-4-2)6-7-18(16)22-19/h6-7,13-15H,3-5,8-12H2,1-2H3. The minimum atomic E-state index is 0.735. The van der Waals surface area contributed by atoms with Gasteiger partial charge in [-0.05, 0) is 81.4 Å². The van der Waals surface area contributed by atoms with Crippen molar-refractivity contribution in [3.63, 3.8) is 0 Å². The molecule has 2 aromatic rings. The van der Waals surface area contributed by atoms with Crippen LogP contribution in [0.3, 0.4) is 0 Å². The molecule has 22 heavy (non-hydrogen) atoms. The van der Waals surface area contributed by atoms with Crippen LogP contribution in [0.15, 0.2) is 24.3 Å². The summed E-state index contributed by atoms with van der Waals surface area (Å²) in [6, 6.07) is 8.90. The highest BCUT2D eigenvalue weighted by Gasteiger charge is 2.21. The molecule has 0 aliphatic carbocycles. The number of fused-ring (bicyclic) bond motifs is 1. The van der Waals surface area contributed by atoms with Crippen LogP contribution in [0.4, 0.5) is 0 Å². The van der Waals surface area contributed by atoms with E-state index in [1.807, 2.05) is 18.3 Å². The first kappa shape index (κ1) is 15.8. The van der Waals surface area contributed by atoms with Crippen LogP contribution >= 0.6 is 11.3 Å². The Hall–Kier alpha value is -1.06. The first-order valence-electron chi connectivity index (χ1n) is 8.68. The number of hydrogen-bond donors (Lipinski definition) is 0. The van der Waals surface area contributed by atoms with E-state index in [1.165, 1.54) is 55.4 Å². The molecule has 0 radical (unpaired) electrons. The Morgan fingerprint density at radius 2 is 2.00 bits per heavy atom. The molecular weight excluding hydrogens is 290 g/mol. The summed E-state index contributed by atoms with van der Waals surface area (Å²) in [4.78, 5) is 4.21. The fraction of sp³-hybridized carbons (Fsp3) is 0.579. The number of rotatable bonds is 6. The van der Waals surface area contributed by atoms with E-state index in [2.05, 4.69) is 36.1 Å². The molecule has 1 fully saturated rings. The zero-order chi connectivity index (χ0) is 15.4. The second-order valence-electron chi connectivity index (χ2n) is 6.25. The zero-order valence-corrected chi connectivity index (χ0v) is 14.6. The molecule has 1 aromatic carbocycles. The van der Waals surface area contributed by atoms with Gasteiger partial charge in [0.2, 0.25) is 0 Å². The van der Waals surface area contributed by atoms with E-state index in [9.17, 15) is 0 Å². The van der Waals surface area contributed by atoms with Crippen molar-refractivity contribution in [2.24, 2.45) is 0 Å². The number of benzene rings is 1. The number of piperidine rings is 1. The first-order valence-corrected chi connectivity index (χ1v) is 9.50. The number of nitrogens with zero attached hydrogens (tertiary/aromatic N) is 1. The van der Waals surface area contributed by atoms with Crippen molar-refractivity contribution < 1.29 is 4.74 Å². The van der Waals surface area contributed by atoms with Crippen LogP contribution in [0.25, 0.3) is 10.1 Å². The Bertz CT molecular complexity index is 599. The Labute approximate surface area is 138 Å². The molecule has 0 bridgehead atoms. The minimum absolute atomic E-state index is 0.735. The number of hydrogen-bond acceptors (Lipinski definition) is 3. The maximum Gasteiger partial charge on any atom is 0.119 e. The largest absolute Gasteiger partial charge is 0.494 e. The monoisotopic (exact) mass is 317 g/mol. The second kappa shape index (κ2) is 7.47. The predicted molar refractivity (Wildman–Crippen MR) is 96.3 cm³/mol. The average Bonchev–Trinajstić information content (AvgIpc) is 2.97. The predicted octanol–water partition coefficient (Wildman–Crippen LogP) is 5.28.